The highest BCUT2D eigenvalue weighted by Gasteiger charge is 2.88. The molecule has 7 heteroatoms. The van der Waals surface area contributed by atoms with Crippen molar-refractivity contribution in [2.24, 2.45) is 28.1 Å². The molecule has 1 aromatic rings. The van der Waals surface area contributed by atoms with Crippen LogP contribution in [0.5, 0.6) is 0 Å². The summed E-state index contributed by atoms with van der Waals surface area (Å²) in [7, 11) is 1.38. The van der Waals surface area contributed by atoms with Crippen LogP contribution in [0.2, 0.25) is 0 Å². The molecule has 1 N–H and O–H groups in total. The predicted molar refractivity (Wildman–Crippen MR) is 121 cm³/mol. The highest BCUT2D eigenvalue weighted by Crippen LogP contribution is 2.79. The monoisotopic (exact) mass is 472 g/mol. The van der Waals surface area contributed by atoms with Crippen molar-refractivity contribution in [1.82, 2.24) is 0 Å². The van der Waals surface area contributed by atoms with Crippen LogP contribution in [0.3, 0.4) is 0 Å². The molecule has 5 aliphatic rings. The van der Waals surface area contributed by atoms with Crippen LogP contribution in [0, 0.1) is 28.1 Å². The van der Waals surface area contributed by atoms with Gasteiger partial charge in [0.1, 0.15) is 11.4 Å². The van der Waals surface area contributed by atoms with Gasteiger partial charge in [0.15, 0.2) is 0 Å². The molecule has 34 heavy (non-hydrogen) atoms. The van der Waals surface area contributed by atoms with E-state index >= 15 is 0 Å². The standard InChI is InChI=1S/C27H36O7/c1-23(2)17(10-21(29)31-6)25(4)19(11-18(23)28)33-16-12-24(3)15(14-7-8-32-13-14)9-20-27(24,34-20)26(5,30)22(16)25/h7-8,13,15-17,19-20,22,30H,9-12H2,1-6H3/t15-,16+,17-,19-,20+,22-,24-,25+,26+,27+/m0/s1. The number of ketones is 1. The van der Waals surface area contributed by atoms with Crippen LogP contribution in [0.1, 0.15) is 71.8 Å². The van der Waals surface area contributed by atoms with Crippen molar-refractivity contribution in [1.29, 1.82) is 0 Å². The first kappa shape index (κ1) is 22.7. The van der Waals surface area contributed by atoms with Crippen molar-refractivity contribution >= 4 is 11.8 Å². The van der Waals surface area contributed by atoms with Gasteiger partial charge in [-0.15, -0.1) is 0 Å². The van der Waals surface area contributed by atoms with Crippen LogP contribution in [-0.2, 0) is 23.8 Å². The fourth-order valence-electron chi connectivity index (χ4n) is 9.59. The van der Waals surface area contributed by atoms with Gasteiger partial charge in [-0.05, 0) is 43.2 Å². The molecule has 3 saturated carbocycles. The molecule has 0 bridgehead atoms. The number of hydrogen-bond donors (Lipinski definition) is 1. The largest absolute Gasteiger partial charge is 0.472 e. The zero-order valence-electron chi connectivity index (χ0n) is 20.9. The second-order valence-corrected chi connectivity index (χ2v) is 12.6. The summed E-state index contributed by atoms with van der Waals surface area (Å²) in [5, 5.41) is 12.5. The normalized spacial score (nSPS) is 52.4. The average molecular weight is 473 g/mol. The van der Waals surface area contributed by atoms with E-state index in [-0.39, 0.29) is 59.7 Å². The SMILES string of the molecule is COC(=O)C[C@H]1C(C)(C)C(=O)C[C@@H]2O[C@@H]3C[C@@]4(C)[C@H](c5ccoc5)C[C@H]5O[C@]54[C@](C)(O)[C@@H]3[C@@]21C. The zero-order chi connectivity index (χ0) is 24.5. The number of carbonyl (C=O) groups is 2. The summed E-state index contributed by atoms with van der Waals surface area (Å²) in [4.78, 5) is 25.8. The van der Waals surface area contributed by atoms with Gasteiger partial charge in [-0.1, -0.05) is 27.7 Å². The number of rotatable bonds is 3. The molecule has 1 aromatic heterocycles. The number of methoxy groups -OCH3 is 1. The Kier molecular flexibility index (Phi) is 4.37. The van der Waals surface area contributed by atoms with E-state index in [0.717, 1.165) is 18.4 Å². The first-order valence-electron chi connectivity index (χ1n) is 12.5. The number of aliphatic hydroxyl groups is 1. The number of carbonyl (C=O) groups excluding carboxylic acids is 2. The number of Topliss-reactive ketones (excluding diaryl/α,β-unsaturated/α-hetero) is 1. The zero-order valence-corrected chi connectivity index (χ0v) is 20.9. The average Bonchev–Trinajstić information content (AvgIpc) is 3.03. The molecule has 1 spiro atoms. The number of hydrogen-bond acceptors (Lipinski definition) is 7. The molecule has 0 unspecified atom stereocenters. The third-order valence-electron chi connectivity index (χ3n) is 11.1. The van der Waals surface area contributed by atoms with Gasteiger partial charge in [-0.2, -0.15) is 0 Å². The van der Waals surface area contributed by atoms with E-state index in [2.05, 4.69) is 13.8 Å². The van der Waals surface area contributed by atoms with Gasteiger partial charge in [0.05, 0.1) is 43.5 Å². The minimum atomic E-state index is -1.19. The molecule has 0 aromatic carbocycles. The summed E-state index contributed by atoms with van der Waals surface area (Å²) >= 11 is 0. The second kappa shape index (κ2) is 6.54. The Bertz CT molecular complexity index is 1040. The smallest absolute Gasteiger partial charge is 0.305 e. The Morgan fingerprint density at radius 1 is 1.21 bits per heavy atom. The van der Waals surface area contributed by atoms with Crippen LogP contribution < -0.4 is 0 Å². The summed E-state index contributed by atoms with van der Waals surface area (Å²) in [6.45, 7) is 10.1. The number of fused-ring (bicyclic) bond motifs is 3. The van der Waals surface area contributed by atoms with E-state index in [0.29, 0.717) is 6.42 Å². The third kappa shape index (κ3) is 2.35. The third-order valence-corrected chi connectivity index (χ3v) is 11.1. The minimum absolute atomic E-state index is 0.0340. The Labute approximate surface area is 200 Å². The van der Waals surface area contributed by atoms with Gasteiger partial charge in [0.2, 0.25) is 0 Å². The molecule has 7 nitrogen and oxygen atoms in total. The molecule has 5 fully saturated rings. The van der Waals surface area contributed by atoms with Crippen molar-refractivity contribution in [3.63, 3.8) is 0 Å². The molecule has 6 rings (SSSR count). The van der Waals surface area contributed by atoms with Gasteiger partial charge in [-0.25, -0.2) is 0 Å². The Balaban J connectivity index is 1.47. The number of furan rings is 1. The molecule has 0 amide bonds. The number of esters is 1. The van der Waals surface area contributed by atoms with E-state index in [1.54, 1.807) is 12.5 Å². The van der Waals surface area contributed by atoms with Gasteiger partial charge in [0, 0.05) is 35.0 Å². The van der Waals surface area contributed by atoms with E-state index in [1.165, 1.54) is 7.11 Å². The Morgan fingerprint density at radius 2 is 1.94 bits per heavy atom. The second-order valence-electron chi connectivity index (χ2n) is 12.6. The molecule has 2 aliphatic heterocycles. The molecule has 3 aliphatic carbocycles. The van der Waals surface area contributed by atoms with Crippen LogP contribution in [0.25, 0.3) is 0 Å². The van der Waals surface area contributed by atoms with Crippen molar-refractivity contribution in [2.75, 3.05) is 7.11 Å². The molecular weight excluding hydrogens is 436 g/mol. The lowest BCUT2D eigenvalue weighted by molar-refractivity contribution is -0.202. The molecule has 3 heterocycles. The summed E-state index contributed by atoms with van der Waals surface area (Å²) in [5.74, 6) is -0.627. The summed E-state index contributed by atoms with van der Waals surface area (Å²) < 4.78 is 23.6. The van der Waals surface area contributed by atoms with E-state index in [1.807, 2.05) is 26.8 Å². The molecular formula is C27H36O7. The quantitative estimate of drug-likeness (QED) is 0.530. The van der Waals surface area contributed by atoms with Crippen LogP contribution >= 0.6 is 0 Å². The Morgan fingerprint density at radius 3 is 2.59 bits per heavy atom. The summed E-state index contributed by atoms with van der Waals surface area (Å²) in [5.41, 5.74) is -2.40. The van der Waals surface area contributed by atoms with Crippen molar-refractivity contribution in [3.05, 3.63) is 24.2 Å². The summed E-state index contributed by atoms with van der Waals surface area (Å²) in [6.07, 6.45) is 4.86. The van der Waals surface area contributed by atoms with E-state index in [4.69, 9.17) is 18.6 Å². The lowest BCUT2D eigenvalue weighted by atomic mass is 9.43. The van der Waals surface area contributed by atoms with Gasteiger partial charge in [0.25, 0.3) is 0 Å². The predicted octanol–water partition coefficient (Wildman–Crippen LogP) is 3.63. The van der Waals surface area contributed by atoms with Gasteiger partial charge < -0.3 is 23.7 Å². The topological polar surface area (TPSA) is 98.5 Å². The molecule has 0 radical (unpaired) electrons. The molecule has 10 atom stereocenters. The number of epoxide rings is 1. The maximum Gasteiger partial charge on any atom is 0.305 e. The fraction of sp³-hybridized carbons (Fsp3) is 0.778. The fourth-order valence-corrected chi connectivity index (χ4v) is 9.59. The van der Waals surface area contributed by atoms with Crippen LogP contribution in [0.15, 0.2) is 23.0 Å². The Hall–Kier alpha value is -1.70. The molecule has 186 valence electrons. The number of ether oxygens (including phenoxy) is 3. The van der Waals surface area contributed by atoms with Crippen LogP contribution in [-0.4, -0.2) is 53.5 Å². The maximum absolute atomic E-state index is 13.3. The van der Waals surface area contributed by atoms with E-state index < -0.39 is 22.0 Å². The maximum atomic E-state index is 13.3. The summed E-state index contributed by atoms with van der Waals surface area (Å²) in [6, 6.07) is 2.01. The first-order valence-corrected chi connectivity index (χ1v) is 12.5. The van der Waals surface area contributed by atoms with Crippen molar-refractivity contribution in [2.45, 2.75) is 95.7 Å². The van der Waals surface area contributed by atoms with Gasteiger partial charge >= 0.3 is 5.97 Å². The van der Waals surface area contributed by atoms with Gasteiger partial charge in [-0.3, -0.25) is 9.59 Å². The van der Waals surface area contributed by atoms with E-state index in [9.17, 15) is 14.7 Å². The lowest BCUT2D eigenvalue weighted by Gasteiger charge is -2.60. The first-order chi connectivity index (χ1) is 15.9. The van der Waals surface area contributed by atoms with Crippen molar-refractivity contribution < 1.29 is 33.3 Å². The van der Waals surface area contributed by atoms with Crippen molar-refractivity contribution in [3.8, 4) is 0 Å². The van der Waals surface area contributed by atoms with Crippen LogP contribution in [0.4, 0.5) is 0 Å². The lowest BCUT2D eigenvalue weighted by Crippen LogP contribution is -2.69. The highest BCUT2D eigenvalue weighted by atomic mass is 16.6. The highest BCUT2D eigenvalue weighted by molar-refractivity contribution is 5.87. The molecule has 2 saturated heterocycles. The minimum Gasteiger partial charge on any atom is -0.472 e.